The van der Waals surface area contributed by atoms with E-state index in [0.29, 0.717) is 33.8 Å². The van der Waals surface area contributed by atoms with E-state index in [-0.39, 0.29) is 17.3 Å². The van der Waals surface area contributed by atoms with E-state index in [2.05, 4.69) is 20.2 Å². The van der Waals surface area contributed by atoms with Gasteiger partial charge in [-0.15, -0.1) is 10.2 Å². The lowest BCUT2D eigenvalue weighted by molar-refractivity contribution is -0.384. The van der Waals surface area contributed by atoms with Crippen LogP contribution in [0.2, 0.25) is 0 Å². The number of hydrogen-bond acceptors (Lipinski definition) is 6. The molecule has 9 nitrogen and oxygen atoms in total. The minimum Gasteiger partial charge on any atom is -0.493 e. The number of para-hydroxylation sites is 1. The van der Waals surface area contributed by atoms with Gasteiger partial charge >= 0.3 is 0 Å². The van der Waals surface area contributed by atoms with Crippen LogP contribution < -0.4 is 0 Å². The normalized spacial score (nSPS) is 11.5. The van der Waals surface area contributed by atoms with Crippen LogP contribution in [0.4, 0.5) is 11.4 Å². The molecule has 0 bridgehead atoms. The number of aromatic amines is 1. The molecule has 0 aliphatic carbocycles. The van der Waals surface area contributed by atoms with Crippen LogP contribution in [-0.4, -0.2) is 25.9 Å². The molecular formula is C20H15N5O4. The van der Waals surface area contributed by atoms with Crippen molar-refractivity contribution in [2.24, 2.45) is 10.2 Å². The molecule has 0 fully saturated rings. The number of nitro benzene ring substituents is 1. The lowest BCUT2D eigenvalue weighted by Crippen LogP contribution is -2.00. The fourth-order valence-electron chi connectivity index (χ4n) is 3.10. The first-order valence-electron chi connectivity index (χ1n) is 8.81. The topological polar surface area (TPSA) is 134 Å². The molecule has 2 aromatic heterocycles. The van der Waals surface area contributed by atoms with Gasteiger partial charge in [0.2, 0.25) is 5.88 Å². The number of carbonyl (C=O) groups is 1. The van der Waals surface area contributed by atoms with Crippen molar-refractivity contribution in [1.29, 1.82) is 0 Å². The maximum absolute atomic E-state index is 12.8. The summed E-state index contributed by atoms with van der Waals surface area (Å²) in [6.07, 6.45) is 0.648. The van der Waals surface area contributed by atoms with Gasteiger partial charge in [-0.25, -0.2) is 0 Å². The highest BCUT2D eigenvalue weighted by Gasteiger charge is 2.17. The second-order valence-corrected chi connectivity index (χ2v) is 6.35. The summed E-state index contributed by atoms with van der Waals surface area (Å²) < 4.78 is 0. The molecule has 0 atom stereocenters. The van der Waals surface area contributed by atoms with Gasteiger partial charge in [-0.2, -0.15) is 0 Å². The molecule has 144 valence electrons. The van der Waals surface area contributed by atoms with Gasteiger partial charge in [0, 0.05) is 28.6 Å². The Balaban J connectivity index is 1.78. The Morgan fingerprint density at radius 3 is 2.76 bits per heavy atom. The molecule has 0 saturated heterocycles. The number of rotatable bonds is 4. The van der Waals surface area contributed by atoms with Crippen molar-refractivity contribution < 1.29 is 14.8 Å². The predicted molar refractivity (Wildman–Crippen MR) is 107 cm³/mol. The second-order valence-electron chi connectivity index (χ2n) is 6.35. The van der Waals surface area contributed by atoms with Gasteiger partial charge in [0.15, 0.2) is 5.69 Å². The van der Waals surface area contributed by atoms with E-state index in [1.165, 1.54) is 18.2 Å². The van der Waals surface area contributed by atoms with Crippen molar-refractivity contribution >= 4 is 39.1 Å². The van der Waals surface area contributed by atoms with Crippen LogP contribution in [-0.2, 0) is 6.42 Å². The minimum atomic E-state index is -0.600. The highest BCUT2D eigenvalue weighted by atomic mass is 16.6. The van der Waals surface area contributed by atoms with Gasteiger partial charge in [-0.3, -0.25) is 19.9 Å². The number of aromatic nitrogens is 2. The smallest absolute Gasteiger partial charge is 0.296 e. The number of nitrogens with zero attached hydrogens (tertiary/aromatic N) is 4. The number of pyridine rings is 1. The Kier molecular flexibility index (Phi) is 4.47. The SMILES string of the molecule is CCc1cc(C(=O)N=Nc2c(O)[nH]c3ccc([N+](=O)[O-])cc23)c2ccccc2n1. The van der Waals surface area contributed by atoms with Crippen molar-refractivity contribution in [3.05, 3.63) is 69.9 Å². The molecule has 2 N–H and O–H groups in total. The molecule has 29 heavy (non-hydrogen) atoms. The highest BCUT2D eigenvalue weighted by Crippen LogP contribution is 2.37. The molecule has 0 saturated carbocycles. The van der Waals surface area contributed by atoms with Crippen molar-refractivity contribution in [1.82, 2.24) is 9.97 Å². The molecule has 0 aliphatic heterocycles. The standard InChI is InChI=1S/C20H15N5O4/c1-2-11-9-14(13-5-3-4-6-16(13)21-11)19(26)24-23-18-15-10-12(25(28)29)7-8-17(15)22-20(18)27/h3-10,22,27H,2H2,1H3. The van der Waals surface area contributed by atoms with E-state index < -0.39 is 10.8 Å². The lowest BCUT2D eigenvalue weighted by atomic mass is 10.1. The Morgan fingerprint density at radius 2 is 2.00 bits per heavy atom. The largest absolute Gasteiger partial charge is 0.493 e. The molecule has 0 aliphatic rings. The maximum Gasteiger partial charge on any atom is 0.296 e. The quantitative estimate of drug-likeness (QED) is 0.293. The number of hydrogen-bond donors (Lipinski definition) is 2. The summed E-state index contributed by atoms with van der Waals surface area (Å²) in [6, 6.07) is 12.9. The van der Waals surface area contributed by atoms with E-state index in [1.807, 2.05) is 19.1 Å². The number of fused-ring (bicyclic) bond motifs is 2. The highest BCUT2D eigenvalue weighted by molar-refractivity contribution is 6.06. The third-order valence-corrected chi connectivity index (χ3v) is 4.55. The van der Waals surface area contributed by atoms with Crippen LogP contribution in [0.3, 0.4) is 0 Å². The number of H-pyrrole nitrogens is 1. The molecule has 1 amide bonds. The first-order chi connectivity index (χ1) is 14.0. The van der Waals surface area contributed by atoms with Gasteiger partial charge in [-0.1, -0.05) is 25.1 Å². The molecule has 0 unspecified atom stereocenters. The molecular weight excluding hydrogens is 374 g/mol. The monoisotopic (exact) mass is 389 g/mol. The van der Waals surface area contributed by atoms with Crippen LogP contribution in [0.5, 0.6) is 5.88 Å². The molecule has 2 heterocycles. The number of aromatic hydroxyl groups is 1. The van der Waals surface area contributed by atoms with Crippen LogP contribution in [0.25, 0.3) is 21.8 Å². The lowest BCUT2D eigenvalue weighted by Gasteiger charge is -2.05. The summed E-state index contributed by atoms with van der Waals surface area (Å²) in [5, 5.41) is 29.7. The number of carbonyl (C=O) groups excluding carboxylic acids is 1. The molecule has 4 aromatic rings. The van der Waals surface area contributed by atoms with E-state index in [1.54, 1.807) is 18.2 Å². The van der Waals surface area contributed by atoms with Crippen LogP contribution >= 0.6 is 0 Å². The average Bonchev–Trinajstić information content (AvgIpc) is 3.05. The number of azo groups is 1. The van der Waals surface area contributed by atoms with Crippen LogP contribution in [0, 0.1) is 10.1 Å². The second kappa shape index (κ2) is 7.12. The molecule has 4 rings (SSSR count). The first kappa shape index (κ1) is 18.2. The fraction of sp³-hybridized carbons (Fsp3) is 0.100. The predicted octanol–water partition coefficient (Wildman–Crippen LogP) is 4.82. The maximum atomic E-state index is 12.8. The molecule has 0 radical (unpaired) electrons. The number of non-ortho nitro benzene ring substituents is 1. The van der Waals surface area contributed by atoms with Gasteiger partial charge in [0.1, 0.15) is 0 Å². The van der Waals surface area contributed by atoms with E-state index >= 15 is 0 Å². The van der Waals surface area contributed by atoms with Crippen molar-refractivity contribution in [2.75, 3.05) is 0 Å². The zero-order chi connectivity index (χ0) is 20.5. The number of nitro groups is 1. The summed E-state index contributed by atoms with van der Waals surface area (Å²) in [5.74, 6) is -0.927. The van der Waals surface area contributed by atoms with E-state index in [4.69, 9.17) is 0 Å². The van der Waals surface area contributed by atoms with Crippen molar-refractivity contribution in [3.63, 3.8) is 0 Å². The van der Waals surface area contributed by atoms with Gasteiger partial charge in [0.25, 0.3) is 11.6 Å². The van der Waals surface area contributed by atoms with Crippen LogP contribution in [0.15, 0.2) is 58.8 Å². The Bertz CT molecular complexity index is 1310. The van der Waals surface area contributed by atoms with Crippen LogP contribution in [0.1, 0.15) is 23.0 Å². The average molecular weight is 389 g/mol. The van der Waals surface area contributed by atoms with E-state index in [0.717, 1.165) is 5.69 Å². The van der Waals surface area contributed by atoms with E-state index in [9.17, 15) is 20.0 Å². The summed E-state index contributed by atoms with van der Waals surface area (Å²) in [6.45, 7) is 1.93. The summed E-state index contributed by atoms with van der Waals surface area (Å²) in [7, 11) is 0. The van der Waals surface area contributed by atoms with Gasteiger partial charge in [-0.05, 0) is 24.6 Å². The number of nitrogens with one attached hydrogen (secondary N) is 1. The minimum absolute atomic E-state index is 0.0360. The van der Waals surface area contributed by atoms with Crippen molar-refractivity contribution in [3.8, 4) is 5.88 Å². The van der Waals surface area contributed by atoms with Gasteiger partial charge in [0.05, 0.1) is 21.5 Å². The summed E-state index contributed by atoms with van der Waals surface area (Å²) >= 11 is 0. The third-order valence-electron chi connectivity index (χ3n) is 4.55. The summed E-state index contributed by atoms with van der Waals surface area (Å²) in [5.41, 5.74) is 2.01. The van der Waals surface area contributed by atoms with Crippen molar-refractivity contribution in [2.45, 2.75) is 13.3 Å². The molecule has 0 spiro atoms. The Morgan fingerprint density at radius 1 is 1.21 bits per heavy atom. The third kappa shape index (κ3) is 3.29. The molecule has 9 heteroatoms. The zero-order valence-electron chi connectivity index (χ0n) is 15.3. The Labute approximate surface area is 163 Å². The van der Waals surface area contributed by atoms with Gasteiger partial charge < -0.3 is 10.1 Å². The number of aryl methyl sites for hydroxylation is 1. The number of amides is 1. The molecule has 2 aromatic carbocycles. The summed E-state index contributed by atoms with van der Waals surface area (Å²) in [4.78, 5) is 30.4. The first-order valence-corrected chi connectivity index (χ1v) is 8.81. The Hall–Kier alpha value is -4.14. The zero-order valence-corrected chi connectivity index (χ0v) is 15.3. The fourth-order valence-corrected chi connectivity index (χ4v) is 3.10. The number of benzene rings is 2.